The fraction of sp³-hybridized carbons (Fsp3) is 0.118. The van der Waals surface area contributed by atoms with Crippen LogP contribution in [0.4, 0.5) is 0 Å². The highest BCUT2D eigenvalue weighted by Gasteiger charge is 2.30. The van der Waals surface area contributed by atoms with E-state index in [1.807, 2.05) is 0 Å². The molecule has 3 heterocycles. The highest BCUT2D eigenvalue weighted by Crippen LogP contribution is 2.37. The minimum absolute atomic E-state index is 0.262. The third-order valence-electron chi connectivity index (χ3n) is 3.79. The van der Waals surface area contributed by atoms with Crippen LogP contribution in [-0.4, -0.2) is 33.3 Å². The summed E-state index contributed by atoms with van der Waals surface area (Å²) in [7, 11) is 0. The Morgan fingerprint density at radius 3 is 2.74 bits per heavy atom. The van der Waals surface area contributed by atoms with Gasteiger partial charge in [-0.05, 0) is 25.1 Å². The molecular formula is C17H11N3O3. The van der Waals surface area contributed by atoms with Crippen molar-refractivity contribution in [2.75, 3.05) is 6.61 Å². The Labute approximate surface area is 131 Å². The molecule has 0 atom stereocenters. The minimum Gasteiger partial charge on any atom is -0.462 e. The van der Waals surface area contributed by atoms with Gasteiger partial charge in [-0.1, -0.05) is 0 Å². The van der Waals surface area contributed by atoms with Crippen LogP contribution in [0, 0.1) is 0 Å². The Morgan fingerprint density at radius 1 is 1.09 bits per heavy atom. The molecule has 4 rings (SSSR count). The number of carbonyl (C=O) groups is 2. The van der Waals surface area contributed by atoms with E-state index >= 15 is 0 Å². The first-order valence-corrected chi connectivity index (χ1v) is 7.17. The fourth-order valence-electron chi connectivity index (χ4n) is 2.83. The number of esters is 1. The zero-order valence-corrected chi connectivity index (χ0v) is 12.2. The molecular weight excluding hydrogens is 294 g/mol. The van der Waals surface area contributed by atoms with Gasteiger partial charge in [-0.2, -0.15) is 0 Å². The number of rotatable bonds is 2. The molecule has 0 spiro atoms. The summed E-state index contributed by atoms with van der Waals surface area (Å²) in [4.78, 5) is 37.5. The lowest BCUT2D eigenvalue weighted by Gasteiger charge is -2.18. The van der Waals surface area contributed by atoms with Crippen LogP contribution in [0.1, 0.15) is 33.5 Å². The van der Waals surface area contributed by atoms with Crippen molar-refractivity contribution >= 4 is 22.5 Å². The van der Waals surface area contributed by atoms with Crippen LogP contribution in [0.15, 0.2) is 36.8 Å². The SMILES string of the molecule is CCOC(=O)c1cnc2c3c(nccc13)C(=O)c1ncccc1-2. The van der Waals surface area contributed by atoms with Crippen LogP contribution >= 0.6 is 0 Å². The van der Waals surface area contributed by atoms with Gasteiger partial charge in [0.1, 0.15) is 11.4 Å². The third-order valence-corrected chi connectivity index (χ3v) is 3.79. The first-order chi connectivity index (χ1) is 11.2. The van der Waals surface area contributed by atoms with Crippen LogP contribution in [0.25, 0.3) is 22.0 Å². The summed E-state index contributed by atoms with van der Waals surface area (Å²) in [5.74, 6) is -0.727. The highest BCUT2D eigenvalue weighted by molar-refractivity contribution is 6.24. The standard InChI is InChI=1S/C17H11N3O3/c1-2-23-17(22)11-8-20-13-10-4-3-6-18-14(10)16(21)15-12(13)9(11)5-7-19-15/h3-8H,2H2,1H3. The van der Waals surface area contributed by atoms with Gasteiger partial charge in [0.2, 0.25) is 5.78 Å². The van der Waals surface area contributed by atoms with E-state index in [1.165, 1.54) is 12.4 Å². The Balaban J connectivity index is 2.09. The average molecular weight is 305 g/mol. The van der Waals surface area contributed by atoms with Crippen LogP contribution in [-0.2, 0) is 4.74 Å². The van der Waals surface area contributed by atoms with E-state index in [4.69, 9.17) is 4.74 Å². The van der Waals surface area contributed by atoms with E-state index < -0.39 is 5.97 Å². The quantitative estimate of drug-likeness (QED) is 0.529. The number of fused-ring (bicyclic) bond motifs is 2. The van der Waals surface area contributed by atoms with Crippen molar-refractivity contribution in [1.82, 2.24) is 15.0 Å². The summed E-state index contributed by atoms with van der Waals surface area (Å²) in [6.45, 7) is 2.01. The number of nitrogens with zero attached hydrogens (tertiary/aromatic N) is 3. The van der Waals surface area contributed by atoms with Gasteiger partial charge >= 0.3 is 5.97 Å². The van der Waals surface area contributed by atoms with Crippen LogP contribution < -0.4 is 0 Å². The maximum absolute atomic E-state index is 12.6. The topological polar surface area (TPSA) is 82.0 Å². The molecule has 0 bridgehead atoms. The Hall–Kier alpha value is -3.15. The molecule has 0 aromatic carbocycles. The van der Waals surface area contributed by atoms with Gasteiger partial charge in [-0.3, -0.25) is 19.7 Å². The molecule has 0 N–H and O–H groups in total. The molecule has 0 saturated heterocycles. The van der Waals surface area contributed by atoms with Crippen LogP contribution in [0.3, 0.4) is 0 Å². The van der Waals surface area contributed by atoms with Crippen molar-refractivity contribution in [3.63, 3.8) is 0 Å². The average Bonchev–Trinajstić information content (AvgIpc) is 2.59. The molecule has 0 unspecified atom stereocenters. The van der Waals surface area contributed by atoms with E-state index in [9.17, 15) is 9.59 Å². The molecule has 0 amide bonds. The van der Waals surface area contributed by atoms with Crippen molar-refractivity contribution in [2.24, 2.45) is 0 Å². The maximum atomic E-state index is 12.6. The highest BCUT2D eigenvalue weighted by atomic mass is 16.5. The number of hydrogen-bond donors (Lipinski definition) is 0. The van der Waals surface area contributed by atoms with Crippen molar-refractivity contribution in [2.45, 2.75) is 6.92 Å². The molecule has 112 valence electrons. The Morgan fingerprint density at radius 2 is 1.91 bits per heavy atom. The van der Waals surface area contributed by atoms with E-state index in [0.29, 0.717) is 33.3 Å². The van der Waals surface area contributed by atoms with Gasteiger partial charge in [0.15, 0.2) is 0 Å². The largest absolute Gasteiger partial charge is 0.462 e. The molecule has 3 aromatic heterocycles. The second kappa shape index (κ2) is 4.95. The number of aromatic nitrogens is 3. The molecule has 1 aliphatic carbocycles. The number of carbonyl (C=O) groups excluding carboxylic acids is 2. The predicted octanol–water partition coefficient (Wildman–Crippen LogP) is 2.41. The van der Waals surface area contributed by atoms with Crippen molar-refractivity contribution in [3.05, 3.63) is 53.7 Å². The summed E-state index contributed by atoms with van der Waals surface area (Å²) in [6, 6.07) is 5.24. The molecule has 6 heteroatoms. The van der Waals surface area contributed by atoms with Crippen molar-refractivity contribution < 1.29 is 14.3 Å². The lowest BCUT2D eigenvalue weighted by Crippen LogP contribution is -2.16. The first kappa shape index (κ1) is 13.5. The summed E-state index contributed by atoms with van der Waals surface area (Å²) in [6.07, 6.45) is 4.55. The summed E-state index contributed by atoms with van der Waals surface area (Å²) < 4.78 is 5.07. The van der Waals surface area contributed by atoms with Gasteiger partial charge < -0.3 is 4.74 Å². The molecule has 6 nitrogen and oxygen atoms in total. The van der Waals surface area contributed by atoms with E-state index in [-0.39, 0.29) is 18.1 Å². The van der Waals surface area contributed by atoms with E-state index in [0.717, 1.165) is 0 Å². The maximum Gasteiger partial charge on any atom is 0.340 e. The molecule has 3 aromatic rings. The lowest BCUT2D eigenvalue weighted by atomic mass is 9.91. The predicted molar refractivity (Wildman–Crippen MR) is 82.2 cm³/mol. The van der Waals surface area contributed by atoms with E-state index in [1.54, 1.807) is 31.3 Å². The Bertz CT molecular complexity index is 982. The third kappa shape index (κ3) is 1.85. The summed E-state index contributed by atoms with van der Waals surface area (Å²) >= 11 is 0. The summed E-state index contributed by atoms with van der Waals surface area (Å²) in [5, 5.41) is 1.19. The number of ether oxygens (including phenoxy) is 1. The number of ketones is 1. The fourth-order valence-corrected chi connectivity index (χ4v) is 2.83. The van der Waals surface area contributed by atoms with Gasteiger partial charge in [0.25, 0.3) is 0 Å². The summed E-state index contributed by atoms with van der Waals surface area (Å²) in [5.41, 5.74) is 2.19. The molecule has 0 fully saturated rings. The van der Waals surface area contributed by atoms with Gasteiger partial charge in [0, 0.05) is 34.9 Å². The van der Waals surface area contributed by atoms with Crippen LogP contribution in [0.2, 0.25) is 0 Å². The molecule has 1 aliphatic rings. The van der Waals surface area contributed by atoms with Crippen LogP contribution in [0.5, 0.6) is 0 Å². The monoisotopic (exact) mass is 305 g/mol. The molecule has 0 radical (unpaired) electrons. The Kier molecular flexibility index (Phi) is 2.90. The zero-order chi connectivity index (χ0) is 16.0. The van der Waals surface area contributed by atoms with Gasteiger partial charge in [0.05, 0.1) is 17.9 Å². The lowest BCUT2D eigenvalue weighted by molar-refractivity contribution is 0.0528. The van der Waals surface area contributed by atoms with Gasteiger partial charge in [-0.15, -0.1) is 0 Å². The zero-order valence-electron chi connectivity index (χ0n) is 12.2. The minimum atomic E-state index is -0.465. The second-order valence-corrected chi connectivity index (χ2v) is 5.05. The number of hydrogen-bond acceptors (Lipinski definition) is 6. The number of pyridine rings is 3. The first-order valence-electron chi connectivity index (χ1n) is 7.17. The second-order valence-electron chi connectivity index (χ2n) is 5.05. The van der Waals surface area contributed by atoms with Crippen molar-refractivity contribution in [3.8, 4) is 11.3 Å². The molecule has 23 heavy (non-hydrogen) atoms. The molecule has 0 saturated carbocycles. The van der Waals surface area contributed by atoms with Gasteiger partial charge in [-0.25, -0.2) is 4.79 Å². The van der Waals surface area contributed by atoms with E-state index in [2.05, 4.69) is 15.0 Å². The molecule has 0 aliphatic heterocycles. The normalized spacial score (nSPS) is 12.1. The van der Waals surface area contributed by atoms with Crippen molar-refractivity contribution in [1.29, 1.82) is 0 Å². The smallest absolute Gasteiger partial charge is 0.340 e.